The summed E-state index contributed by atoms with van der Waals surface area (Å²) in [4.78, 5) is 0. The highest BCUT2D eigenvalue weighted by molar-refractivity contribution is 7.82. The Kier molecular flexibility index (Phi) is 3.59. The van der Waals surface area contributed by atoms with E-state index in [-0.39, 0.29) is 0 Å². The largest absolute Gasteiger partial charge is 0.309 e. The topological polar surface area (TPSA) is 17.1 Å². The SMILES string of the molecule is C=CP(=O)(c1cccc2ccccc12)c1cccc2ccccc12. The summed E-state index contributed by atoms with van der Waals surface area (Å²) in [5.41, 5.74) is 0. The molecular weight excluding hydrogens is 311 g/mol. The van der Waals surface area contributed by atoms with Gasteiger partial charge in [-0.1, -0.05) is 91.5 Å². The van der Waals surface area contributed by atoms with Gasteiger partial charge in [-0.3, -0.25) is 0 Å². The van der Waals surface area contributed by atoms with E-state index in [0.29, 0.717) is 0 Å². The summed E-state index contributed by atoms with van der Waals surface area (Å²) in [7, 11) is -2.93. The van der Waals surface area contributed by atoms with Gasteiger partial charge in [-0.05, 0) is 27.4 Å². The van der Waals surface area contributed by atoms with Gasteiger partial charge in [0.1, 0.15) is 0 Å². The summed E-state index contributed by atoms with van der Waals surface area (Å²) in [6, 6.07) is 28.1. The van der Waals surface area contributed by atoms with Crippen molar-refractivity contribution in [3.8, 4) is 0 Å². The molecular formula is C22H17OP. The second-order valence-corrected chi connectivity index (χ2v) is 8.48. The number of fused-ring (bicyclic) bond motifs is 2. The Labute approximate surface area is 141 Å². The lowest BCUT2D eigenvalue weighted by atomic mass is 10.1. The summed E-state index contributed by atoms with van der Waals surface area (Å²) in [6.07, 6.45) is 0. The molecule has 0 aliphatic rings. The van der Waals surface area contributed by atoms with Gasteiger partial charge in [0.05, 0.1) is 0 Å². The molecule has 0 aliphatic carbocycles. The van der Waals surface area contributed by atoms with Crippen LogP contribution >= 0.6 is 7.14 Å². The first-order valence-corrected chi connectivity index (χ1v) is 9.71. The Bertz CT molecular complexity index is 1020. The van der Waals surface area contributed by atoms with Crippen LogP contribution in [0.5, 0.6) is 0 Å². The van der Waals surface area contributed by atoms with Gasteiger partial charge in [0.25, 0.3) is 0 Å². The quantitative estimate of drug-likeness (QED) is 0.457. The molecule has 4 aromatic rings. The zero-order valence-corrected chi connectivity index (χ0v) is 14.1. The molecule has 0 fully saturated rings. The van der Waals surface area contributed by atoms with Crippen molar-refractivity contribution < 1.29 is 4.57 Å². The maximum Gasteiger partial charge on any atom is 0.164 e. The van der Waals surface area contributed by atoms with Crippen LogP contribution in [-0.4, -0.2) is 0 Å². The lowest BCUT2D eigenvalue weighted by Gasteiger charge is -2.19. The van der Waals surface area contributed by atoms with E-state index in [1.54, 1.807) is 5.82 Å². The normalized spacial score (nSPS) is 11.7. The van der Waals surface area contributed by atoms with Gasteiger partial charge in [0.15, 0.2) is 7.14 Å². The Hall–Kier alpha value is -2.63. The highest BCUT2D eigenvalue weighted by atomic mass is 31.2. The third kappa shape index (κ3) is 2.21. The Morgan fingerprint density at radius 1 is 0.625 bits per heavy atom. The van der Waals surface area contributed by atoms with Gasteiger partial charge >= 0.3 is 0 Å². The van der Waals surface area contributed by atoms with E-state index in [1.165, 1.54) is 0 Å². The van der Waals surface area contributed by atoms with Crippen LogP contribution in [0, 0.1) is 0 Å². The van der Waals surface area contributed by atoms with E-state index in [1.807, 2.05) is 60.7 Å². The van der Waals surface area contributed by atoms with Crippen LogP contribution in [0.1, 0.15) is 0 Å². The van der Waals surface area contributed by atoms with Gasteiger partial charge in [-0.15, -0.1) is 0 Å². The molecule has 0 atom stereocenters. The molecule has 4 aromatic carbocycles. The van der Waals surface area contributed by atoms with Gasteiger partial charge in [0, 0.05) is 10.6 Å². The van der Waals surface area contributed by atoms with Crippen LogP contribution < -0.4 is 10.6 Å². The number of benzene rings is 4. The lowest BCUT2D eigenvalue weighted by molar-refractivity contribution is 0.592. The first kappa shape index (κ1) is 14.9. The Balaban J connectivity index is 2.09. The predicted molar refractivity (Wildman–Crippen MR) is 105 cm³/mol. The first-order chi connectivity index (χ1) is 11.7. The molecule has 0 aliphatic heterocycles. The zero-order chi connectivity index (χ0) is 16.6. The average molecular weight is 328 g/mol. The third-order valence-electron chi connectivity index (χ3n) is 4.51. The van der Waals surface area contributed by atoms with Crippen LogP contribution in [-0.2, 0) is 4.57 Å². The minimum Gasteiger partial charge on any atom is -0.309 e. The van der Waals surface area contributed by atoms with Gasteiger partial charge < -0.3 is 4.57 Å². The second kappa shape index (κ2) is 5.78. The maximum atomic E-state index is 14.1. The molecule has 2 heteroatoms. The molecule has 0 bridgehead atoms. The fourth-order valence-corrected chi connectivity index (χ4v) is 5.71. The van der Waals surface area contributed by atoms with Gasteiger partial charge in [0.2, 0.25) is 0 Å². The Morgan fingerprint density at radius 3 is 1.50 bits per heavy atom. The fraction of sp³-hybridized carbons (Fsp3) is 0. The van der Waals surface area contributed by atoms with E-state index in [4.69, 9.17) is 0 Å². The number of rotatable bonds is 3. The van der Waals surface area contributed by atoms with Crippen LogP contribution in [0.3, 0.4) is 0 Å². The van der Waals surface area contributed by atoms with Gasteiger partial charge in [-0.25, -0.2) is 0 Å². The molecule has 0 aromatic heterocycles. The predicted octanol–water partition coefficient (Wildman–Crippen LogP) is 5.45. The van der Waals surface area contributed by atoms with Crippen molar-refractivity contribution in [3.63, 3.8) is 0 Å². The molecule has 0 saturated carbocycles. The maximum absolute atomic E-state index is 14.1. The first-order valence-electron chi connectivity index (χ1n) is 7.94. The molecule has 0 radical (unpaired) electrons. The van der Waals surface area contributed by atoms with E-state index >= 15 is 0 Å². The van der Waals surface area contributed by atoms with Crippen molar-refractivity contribution in [3.05, 3.63) is 97.3 Å². The molecule has 0 spiro atoms. The molecule has 0 unspecified atom stereocenters. The van der Waals surface area contributed by atoms with Gasteiger partial charge in [-0.2, -0.15) is 0 Å². The molecule has 0 saturated heterocycles. The minimum absolute atomic E-state index is 0.854. The zero-order valence-electron chi connectivity index (χ0n) is 13.2. The van der Waals surface area contributed by atoms with Crippen molar-refractivity contribution >= 4 is 39.3 Å². The lowest BCUT2D eigenvalue weighted by Crippen LogP contribution is -2.16. The molecule has 0 amide bonds. The summed E-state index contributed by atoms with van der Waals surface area (Å²) < 4.78 is 14.1. The minimum atomic E-state index is -2.93. The van der Waals surface area contributed by atoms with E-state index in [9.17, 15) is 4.57 Å². The highest BCUT2D eigenvalue weighted by Gasteiger charge is 2.27. The number of hydrogen-bond acceptors (Lipinski definition) is 1. The summed E-state index contributed by atoms with van der Waals surface area (Å²) >= 11 is 0. The van der Waals surface area contributed by atoms with Crippen molar-refractivity contribution in [2.24, 2.45) is 0 Å². The molecule has 116 valence electrons. The second-order valence-electron chi connectivity index (χ2n) is 5.84. The van der Waals surface area contributed by atoms with E-state index in [2.05, 4.69) is 30.8 Å². The monoisotopic (exact) mass is 328 g/mol. The van der Waals surface area contributed by atoms with Crippen LogP contribution in [0.4, 0.5) is 0 Å². The summed E-state index contributed by atoms with van der Waals surface area (Å²) in [5.74, 6) is 1.64. The van der Waals surface area contributed by atoms with Crippen LogP contribution in [0.2, 0.25) is 0 Å². The van der Waals surface area contributed by atoms with Crippen molar-refractivity contribution in [1.82, 2.24) is 0 Å². The Morgan fingerprint density at radius 2 is 1.04 bits per heavy atom. The molecule has 1 nitrogen and oxygen atoms in total. The van der Waals surface area contributed by atoms with Crippen molar-refractivity contribution in [2.45, 2.75) is 0 Å². The molecule has 24 heavy (non-hydrogen) atoms. The van der Waals surface area contributed by atoms with Crippen LogP contribution in [0.15, 0.2) is 97.3 Å². The van der Waals surface area contributed by atoms with Crippen LogP contribution in [0.25, 0.3) is 21.5 Å². The highest BCUT2D eigenvalue weighted by Crippen LogP contribution is 2.47. The summed E-state index contributed by atoms with van der Waals surface area (Å²) in [5, 5.41) is 5.95. The van der Waals surface area contributed by atoms with E-state index < -0.39 is 7.14 Å². The molecule has 0 heterocycles. The number of hydrogen-bond donors (Lipinski definition) is 0. The summed E-state index contributed by atoms with van der Waals surface area (Å²) in [6.45, 7) is 3.94. The fourth-order valence-electron chi connectivity index (χ4n) is 3.32. The smallest absolute Gasteiger partial charge is 0.164 e. The molecule has 4 rings (SSSR count). The van der Waals surface area contributed by atoms with Crippen molar-refractivity contribution in [1.29, 1.82) is 0 Å². The van der Waals surface area contributed by atoms with E-state index in [0.717, 1.165) is 32.2 Å². The average Bonchev–Trinajstić information content (AvgIpc) is 2.66. The standard InChI is InChI=1S/C22H17OP/c1-2-24(23,21-15-7-11-17-9-3-5-13-19(17)21)22-16-8-12-18-10-4-6-14-20(18)22/h2-16H,1H2. The third-order valence-corrected chi connectivity index (χ3v) is 7.23. The molecule has 0 N–H and O–H groups in total. The van der Waals surface area contributed by atoms with Crippen molar-refractivity contribution in [2.75, 3.05) is 0 Å².